The Hall–Kier alpha value is -2.19. The van der Waals surface area contributed by atoms with Crippen LogP contribution in [0.4, 0.5) is 0 Å². The van der Waals surface area contributed by atoms with Crippen LogP contribution in [0, 0.1) is 11.8 Å². The molecular weight excluding hydrogens is 424 g/mol. The molecule has 4 aliphatic rings. The van der Waals surface area contributed by atoms with Crippen LogP contribution in [0.1, 0.15) is 53.4 Å². The number of nitrogens with zero attached hydrogens (tertiary/aromatic N) is 2. The first kappa shape index (κ1) is 24.0. The molecule has 182 valence electrons. The third-order valence-electron chi connectivity index (χ3n) is 7.56. The van der Waals surface area contributed by atoms with Gasteiger partial charge in [0.25, 0.3) is 0 Å². The number of likely N-dealkylation sites (tertiary alicyclic amines) is 1. The van der Waals surface area contributed by atoms with Gasteiger partial charge in [0.15, 0.2) is 0 Å². The zero-order chi connectivity index (χ0) is 24.0. The summed E-state index contributed by atoms with van der Waals surface area (Å²) in [6.07, 6.45) is 9.93. The number of carbonyl (C=O) groups excluding carboxylic acids is 3. The molecule has 0 bridgehead atoms. The summed E-state index contributed by atoms with van der Waals surface area (Å²) in [7, 11) is 0. The first-order valence-corrected chi connectivity index (χ1v) is 12.1. The van der Waals surface area contributed by atoms with Gasteiger partial charge in [0.2, 0.25) is 11.8 Å². The van der Waals surface area contributed by atoms with E-state index in [-0.39, 0.29) is 25.0 Å². The highest BCUT2D eigenvalue weighted by Crippen LogP contribution is 2.58. The van der Waals surface area contributed by atoms with E-state index in [4.69, 9.17) is 14.6 Å². The summed E-state index contributed by atoms with van der Waals surface area (Å²) in [6, 6.07) is -0.848. The van der Waals surface area contributed by atoms with E-state index in [1.165, 1.54) is 0 Å². The number of aliphatic hydroxyl groups excluding tert-OH is 1. The minimum absolute atomic E-state index is 0.0891. The summed E-state index contributed by atoms with van der Waals surface area (Å²) >= 11 is 0. The van der Waals surface area contributed by atoms with Crippen LogP contribution in [-0.4, -0.2) is 81.8 Å². The lowest BCUT2D eigenvalue weighted by Crippen LogP contribution is -2.59. The van der Waals surface area contributed by atoms with E-state index in [0.29, 0.717) is 32.4 Å². The highest BCUT2D eigenvalue weighted by Gasteiger charge is 2.75. The predicted molar refractivity (Wildman–Crippen MR) is 121 cm³/mol. The number of hydrogen-bond acceptors (Lipinski definition) is 6. The maximum atomic E-state index is 14.0. The fourth-order valence-corrected chi connectivity index (χ4v) is 6.01. The average molecular weight is 461 g/mol. The number of cyclic esters (lactones) is 1. The number of aliphatic hydroxyl groups is 1. The summed E-state index contributed by atoms with van der Waals surface area (Å²) in [4.78, 5) is 44.6. The number of ether oxygens (including phenoxy) is 2. The fraction of sp³-hybridized carbons (Fsp3) is 0.720. The number of amides is 2. The molecule has 8 heteroatoms. The van der Waals surface area contributed by atoms with Crippen molar-refractivity contribution >= 4 is 17.8 Å². The van der Waals surface area contributed by atoms with Gasteiger partial charge in [-0.05, 0) is 52.5 Å². The maximum absolute atomic E-state index is 14.0. The first-order valence-electron chi connectivity index (χ1n) is 12.1. The van der Waals surface area contributed by atoms with Crippen LogP contribution >= 0.6 is 0 Å². The van der Waals surface area contributed by atoms with Crippen molar-refractivity contribution in [3.63, 3.8) is 0 Å². The van der Waals surface area contributed by atoms with Gasteiger partial charge in [-0.3, -0.25) is 14.4 Å². The standard InChI is InChI=1S/C25H36N2O6/c1-5-24-11-10-16-32-22(31)18(24)17-20(29)26(13-7-6-8-15-28)19-21(30)27(23(2,3)4)14-9-12-25(17,19)33-24/h9-12,17-19,28H,5-8,13-16H2,1-4H3/t17-,18-,19?,24+,25-/m0/s1. The van der Waals surface area contributed by atoms with E-state index in [9.17, 15) is 14.4 Å². The molecule has 5 atom stereocenters. The molecule has 0 aromatic carbocycles. The zero-order valence-electron chi connectivity index (χ0n) is 20.1. The summed E-state index contributed by atoms with van der Waals surface area (Å²) in [5, 5.41) is 9.14. The van der Waals surface area contributed by atoms with E-state index in [2.05, 4.69) is 0 Å². The third-order valence-corrected chi connectivity index (χ3v) is 7.56. The van der Waals surface area contributed by atoms with Crippen LogP contribution in [0.2, 0.25) is 0 Å². The Kier molecular flexibility index (Phi) is 6.20. The molecule has 0 aliphatic carbocycles. The minimum atomic E-state index is -1.23. The number of unbranched alkanes of at least 4 members (excludes halogenated alkanes) is 2. The second kappa shape index (κ2) is 8.55. The maximum Gasteiger partial charge on any atom is 0.313 e. The molecule has 0 aromatic heterocycles. The van der Waals surface area contributed by atoms with Gasteiger partial charge in [0.05, 0.1) is 5.92 Å². The van der Waals surface area contributed by atoms with Gasteiger partial charge in [-0.2, -0.15) is 0 Å². The number of fused-ring (bicyclic) bond motifs is 2. The lowest BCUT2D eigenvalue weighted by Gasteiger charge is -2.41. The highest BCUT2D eigenvalue weighted by molar-refractivity contribution is 5.99. The Bertz CT molecular complexity index is 877. The predicted octanol–water partition coefficient (Wildman–Crippen LogP) is 1.82. The van der Waals surface area contributed by atoms with Crippen molar-refractivity contribution < 1.29 is 29.0 Å². The Morgan fingerprint density at radius 2 is 1.82 bits per heavy atom. The van der Waals surface area contributed by atoms with Gasteiger partial charge < -0.3 is 24.4 Å². The lowest BCUT2D eigenvalue weighted by atomic mass is 9.73. The van der Waals surface area contributed by atoms with Gasteiger partial charge in [0.1, 0.15) is 29.8 Å². The average Bonchev–Trinajstić information content (AvgIpc) is 3.02. The molecule has 2 amide bonds. The Morgan fingerprint density at radius 1 is 1.06 bits per heavy atom. The first-order chi connectivity index (χ1) is 15.6. The van der Waals surface area contributed by atoms with Crippen molar-refractivity contribution in [1.82, 2.24) is 9.80 Å². The molecule has 1 spiro atoms. The molecule has 1 unspecified atom stereocenters. The van der Waals surface area contributed by atoms with Crippen LogP contribution in [-0.2, 0) is 23.9 Å². The van der Waals surface area contributed by atoms with E-state index in [1.807, 2.05) is 45.9 Å². The zero-order valence-corrected chi connectivity index (χ0v) is 20.1. The topological polar surface area (TPSA) is 96.4 Å². The second-order valence-electron chi connectivity index (χ2n) is 10.5. The largest absolute Gasteiger partial charge is 0.461 e. The van der Waals surface area contributed by atoms with Crippen LogP contribution < -0.4 is 0 Å². The summed E-state index contributed by atoms with van der Waals surface area (Å²) in [6.45, 7) is 8.88. The molecule has 0 aromatic rings. The third kappa shape index (κ3) is 3.62. The van der Waals surface area contributed by atoms with Crippen LogP contribution in [0.3, 0.4) is 0 Å². The summed E-state index contributed by atoms with van der Waals surface area (Å²) in [5.41, 5.74) is -2.66. The molecule has 0 saturated carbocycles. The molecular formula is C25H36N2O6. The molecule has 33 heavy (non-hydrogen) atoms. The Morgan fingerprint density at radius 3 is 2.48 bits per heavy atom. The van der Waals surface area contributed by atoms with Gasteiger partial charge >= 0.3 is 5.97 Å². The Labute approximate surface area is 195 Å². The van der Waals surface area contributed by atoms with E-state index in [0.717, 1.165) is 6.42 Å². The highest BCUT2D eigenvalue weighted by atomic mass is 16.6. The quantitative estimate of drug-likeness (QED) is 0.369. The molecule has 4 aliphatic heterocycles. The molecule has 1 N–H and O–H groups in total. The number of esters is 1. The monoisotopic (exact) mass is 460 g/mol. The van der Waals surface area contributed by atoms with E-state index in [1.54, 1.807) is 15.9 Å². The van der Waals surface area contributed by atoms with Gasteiger partial charge in [-0.15, -0.1) is 0 Å². The van der Waals surface area contributed by atoms with Crippen molar-refractivity contribution in [2.24, 2.45) is 11.8 Å². The molecule has 0 radical (unpaired) electrons. The van der Waals surface area contributed by atoms with Crippen molar-refractivity contribution in [3.8, 4) is 0 Å². The molecule has 4 heterocycles. The molecule has 2 saturated heterocycles. The number of carbonyl (C=O) groups is 3. The van der Waals surface area contributed by atoms with Crippen molar-refractivity contribution in [1.29, 1.82) is 0 Å². The van der Waals surface area contributed by atoms with Crippen LogP contribution in [0.5, 0.6) is 0 Å². The van der Waals surface area contributed by atoms with Crippen molar-refractivity contribution in [2.75, 3.05) is 26.3 Å². The second-order valence-corrected chi connectivity index (χ2v) is 10.5. The summed E-state index contributed by atoms with van der Waals surface area (Å²) in [5.74, 6) is -2.47. The van der Waals surface area contributed by atoms with Crippen LogP contribution in [0.25, 0.3) is 0 Å². The minimum Gasteiger partial charge on any atom is -0.461 e. The normalized spacial score (nSPS) is 35.8. The van der Waals surface area contributed by atoms with Gasteiger partial charge in [-0.1, -0.05) is 25.2 Å². The van der Waals surface area contributed by atoms with E-state index >= 15 is 0 Å². The van der Waals surface area contributed by atoms with Crippen molar-refractivity contribution in [3.05, 3.63) is 24.3 Å². The van der Waals surface area contributed by atoms with Gasteiger partial charge in [0, 0.05) is 25.2 Å². The molecule has 4 rings (SSSR count). The number of hydrogen-bond donors (Lipinski definition) is 1. The van der Waals surface area contributed by atoms with Crippen molar-refractivity contribution in [2.45, 2.75) is 76.2 Å². The number of rotatable bonds is 6. The van der Waals surface area contributed by atoms with E-state index < -0.39 is 40.6 Å². The molecule has 8 nitrogen and oxygen atoms in total. The van der Waals surface area contributed by atoms with Crippen LogP contribution in [0.15, 0.2) is 24.3 Å². The fourth-order valence-electron chi connectivity index (χ4n) is 6.01. The Balaban J connectivity index is 1.83. The summed E-state index contributed by atoms with van der Waals surface area (Å²) < 4.78 is 12.2. The smallest absolute Gasteiger partial charge is 0.313 e. The SMILES string of the molecule is CC[C@@]12C=CCOC(=O)[C@@H]1[C@H]1C(=O)N(CCCCCO)C3C(=O)N(C(C)(C)C)CC=C[C@@]31O2. The molecule has 2 fully saturated rings. The lowest BCUT2D eigenvalue weighted by molar-refractivity contribution is -0.160. The van der Waals surface area contributed by atoms with Gasteiger partial charge in [-0.25, -0.2) is 0 Å².